The number of carbonyl (C=O) groups is 4. The van der Waals surface area contributed by atoms with Crippen LogP contribution in [0.2, 0.25) is 10.0 Å². The predicted octanol–water partition coefficient (Wildman–Crippen LogP) is 6.57. The quantitative estimate of drug-likeness (QED) is 0.0665. The summed E-state index contributed by atoms with van der Waals surface area (Å²) >= 11 is 11.9. The molecule has 0 unspecified atom stereocenters. The maximum atomic E-state index is 12.7. The maximum absolute atomic E-state index is 12.7. The zero-order valence-electron chi connectivity index (χ0n) is 22.8. The molecule has 12 heteroatoms. The summed E-state index contributed by atoms with van der Waals surface area (Å²) < 4.78 is 10.5. The van der Waals surface area contributed by atoms with Gasteiger partial charge in [0.15, 0.2) is 12.4 Å². The normalized spacial score (nSPS) is 14.3. The van der Waals surface area contributed by atoms with E-state index in [1.807, 2.05) is 0 Å². The van der Waals surface area contributed by atoms with E-state index in [9.17, 15) is 29.3 Å². The molecule has 1 fully saturated rings. The molecule has 0 bridgehead atoms. The van der Waals surface area contributed by atoms with Crippen LogP contribution in [0.15, 0.2) is 91.0 Å². The van der Waals surface area contributed by atoms with Gasteiger partial charge in [-0.1, -0.05) is 35.3 Å². The molecule has 0 saturated carbocycles. The molecular formula is C32H22Cl2N2O8. The maximum Gasteiger partial charge on any atom is 0.345 e. The summed E-state index contributed by atoms with van der Waals surface area (Å²) in [5.41, 5.74) is 2.53. The van der Waals surface area contributed by atoms with Gasteiger partial charge in [0, 0.05) is 41.4 Å². The van der Waals surface area contributed by atoms with Gasteiger partial charge in [0.1, 0.15) is 5.75 Å². The molecule has 1 heterocycles. The SMILES string of the molecule is O=C(COC(=O)[C@@H]1CC(=O)N(c2ccc(-c3ccc([N+](=O)[O-])cc3)cc2)C1)c1ccc(OC(=O)c2ccc(Cl)cc2Cl)cc1. The van der Waals surface area contributed by atoms with Crippen LogP contribution >= 0.6 is 23.2 Å². The molecular weight excluding hydrogens is 611 g/mol. The number of esters is 2. The zero-order valence-corrected chi connectivity index (χ0v) is 24.3. The van der Waals surface area contributed by atoms with Crippen molar-refractivity contribution in [3.8, 4) is 16.9 Å². The molecule has 0 aliphatic carbocycles. The average Bonchev–Trinajstić information content (AvgIpc) is 3.41. The first-order chi connectivity index (χ1) is 21.1. The van der Waals surface area contributed by atoms with E-state index in [0.29, 0.717) is 10.7 Å². The number of non-ortho nitro benzene ring substituents is 1. The van der Waals surface area contributed by atoms with Crippen LogP contribution in [-0.2, 0) is 14.3 Å². The summed E-state index contributed by atoms with van der Waals surface area (Å²) in [6, 6.07) is 23.3. The van der Waals surface area contributed by atoms with Crippen LogP contribution < -0.4 is 9.64 Å². The van der Waals surface area contributed by atoms with Crippen LogP contribution in [0.5, 0.6) is 5.75 Å². The molecule has 1 aliphatic heterocycles. The molecule has 1 aliphatic rings. The number of rotatable bonds is 9. The number of hydrogen-bond acceptors (Lipinski definition) is 8. The smallest absolute Gasteiger partial charge is 0.345 e. The third-order valence-corrected chi connectivity index (χ3v) is 7.48. The summed E-state index contributed by atoms with van der Waals surface area (Å²) in [6.07, 6.45) is -0.0607. The minimum atomic E-state index is -0.744. The number of anilines is 1. The van der Waals surface area contributed by atoms with Crippen molar-refractivity contribution in [2.24, 2.45) is 5.92 Å². The molecule has 0 aromatic heterocycles. The van der Waals surface area contributed by atoms with E-state index in [1.54, 1.807) is 36.4 Å². The number of ether oxygens (including phenoxy) is 2. The van der Waals surface area contributed by atoms with Gasteiger partial charge < -0.3 is 14.4 Å². The number of halogens is 2. The zero-order chi connectivity index (χ0) is 31.4. The molecule has 1 atom stereocenters. The lowest BCUT2D eigenvalue weighted by molar-refractivity contribution is -0.384. The Morgan fingerprint density at radius 3 is 2.14 bits per heavy atom. The van der Waals surface area contributed by atoms with Gasteiger partial charge in [-0.2, -0.15) is 0 Å². The fourth-order valence-electron chi connectivity index (χ4n) is 4.59. The van der Waals surface area contributed by atoms with E-state index < -0.39 is 35.2 Å². The Bertz CT molecular complexity index is 1760. The van der Waals surface area contributed by atoms with Gasteiger partial charge in [-0.15, -0.1) is 0 Å². The summed E-state index contributed by atoms with van der Waals surface area (Å²) in [7, 11) is 0. The Morgan fingerprint density at radius 1 is 0.886 bits per heavy atom. The summed E-state index contributed by atoms with van der Waals surface area (Å²) in [6.45, 7) is -0.423. The number of nitrogens with zero attached hydrogens (tertiary/aromatic N) is 2. The Morgan fingerprint density at radius 2 is 1.52 bits per heavy atom. The minimum absolute atomic E-state index is 0.00911. The van der Waals surface area contributed by atoms with E-state index in [0.717, 1.165) is 11.1 Å². The van der Waals surface area contributed by atoms with E-state index in [2.05, 4.69) is 0 Å². The van der Waals surface area contributed by atoms with Crippen molar-refractivity contribution in [3.63, 3.8) is 0 Å². The first-order valence-electron chi connectivity index (χ1n) is 13.2. The fourth-order valence-corrected chi connectivity index (χ4v) is 5.07. The number of nitro groups is 1. The summed E-state index contributed by atoms with van der Waals surface area (Å²) in [5, 5.41) is 11.4. The highest BCUT2D eigenvalue weighted by Crippen LogP contribution is 2.29. The lowest BCUT2D eigenvalue weighted by atomic mass is 10.0. The van der Waals surface area contributed by atoms with Crippen molar-refractivity contribution in [1.29, 1.82) is 0 Å². The first-order valence-corrected chi connectivity index (χ1v) is 14.0. The third kappa shape index (κ3) is 6.94. The van der Waals surface area contributed by atoms with Crippen molar-refractivity contribution in [3.05, 3.63) is 122 Å². The lowest BCUT2D eigenvalue weighted by Crippen LogP contribution is -2.27. The van der Waals surface area contributed by atoms with Gasteiger partial charge in [0.25, 0.3) is 5.69 Å². The van der Waals surface area contributed by atoms with E-state index in [1.165, 1.54) is 59.5 Å². The highest BCUT2D eigenvalue weighted by Gasteiger charge is 2.36. The largest absolute Gasteiger partial charge is 0.457 e. The van der Waals surface area contributed by atoms with Crippen LogP contribution in [0.25, 0.3) is 11.1 Å². The van der Waals surface area contributed by atoms with Crippen molar-refractivity contribution >= 4 is 58.2 Å². The van der Waals surface area contributed by atoms with E-state index in [4.69, 9.17) is 32.7 Å². The summed E-state index contributed by atoms with van der Waals surface area (Å²) in [4.78, 5) is 62.3. The monoisotopic (exact) mass is 632 g/mol. The second kappa shape index (κ2) is 13.1. The second-order valence-electron chi connectivity index (χ2n) is 9.83. The number of benzene rings is 4. The molecule has 44 heavy (non-hydrogen) atoms. The molecule has 4 aromatic rings. The minimum Gasteiger partial charge on any atom is -0.457 e. The molecule has 5 rings (SSSR count). The molecule has 0 N–H and O–H groups in total. The highest BCUT2D eigenvalue weighted by atomic mass is 35.5. The highest BCUT2D eigenvalue weighted by molar-refractivity contribution is 6.36. The number of nitro benzene ring substituents is 1. The van der Waals surface area contributed by atoms with Crippen LogP contribution in [-0.4, -0.2) is 41.7 Å². The molecule has 0 radical (unpaired) electrons. The first kappa shape index (κ1) is 30.4. The molecule has 4 aromatic carbocycles. The molecule has 1 saturated heterocycles. The number of Topliss-reactive ketones (excluding diaryl/α,β-unsaturated/α-hetero) is 1. The van der Waals surface area contributed by atoms with Gasteiger partial charge in [-0.25, -0.2) is 4.79 Å². The van der Waals surface area contributed by atoms with Crippen molar-refractivity contribution < 1.29 is 33.6 Å². The molecule has 0 spiro atoms. The number of carbonyl (C=O) groups excluding carboxylic acids is 4. The van der Waals surface area contributed by atoms with Gasteiger partial charge >= 0.3 is 11.9 Å². The van der Waals surface area contributed by atoms with Crippen molar-refractivity contribution in [2.75, 3.05) is 18.1 Å². The van der Waals surface area contributed by atoms with Crippen LogP contribution in [0, 0.1) is 16.0 Å². The Labute approximate surface area is 260 Å². The van der Waals surface area contributed by atoms with E-state index in [-0.39, 0.29) is 46.5 Å². The van der Waals surface area contributed by atoms with E-state index >= 15 is 0 Å². The third-order valence-electron chi connectivity index (χ3n) is 6.93. The van der Waals surface area contributed by atoms with Crippen LogP contribution in [0.3, 0.4) is 0 Å². The lowest BCUT2D eigenvalue weighted by Gasteiger charge is -2.17. The number of amides is 1. The van der Waals surface area contributed by atoms with Gasteiger partial charge in [0.05, 0.1) is 21.4 Å². The van der Waals surface area contributed by atoms with Crippen LogP contribution in [0.4, 0.5) is 11.4 Å². The Hall–Kier alpha value is -5.06. The Balaban J connectivity index is 1.13. The Kier molecular flexibility index (Phi) is 9.03. The predicted molar refractivity (Wildman–Crippen MR) is 162 cm³/mol. The summed E-state index contributed by atoms with van der Waals surface area (Å²) in [5.74, 6) is -2.65. The van der Waals surface area contributed by atoms with Gasteiger partial charge in [0.2, 0.25) is 5.91 Å². The fraction of sp³-hybridized carbons (Fsp3) is 0.125. The van der Waals surface area contributed by atoms with Crippen molar-refractivity contribution in [2.45, 2.75) is 6.42 Å². The average molecular weight is 633 g/mol. The number of ketones is 1. The second-order valence-corrected chi connectivity index (χ2v) is 10.7. The topological polar surface area (TPSA) is 133 Å². The van der Waals surface area contributed by atoms with Gasteiger partial charge in [-0.3, -0.25) is 24.5 Å². The molecule has 1 amide bonds. The molecule has 222 valence electrons. The molecule has 10 nitrogen and oxygen atoms in total. The number of hydrogen-bond donors (Lipinski definition) is 0. The van der Waals surface area contributed by atoms with Crippen molar-refractivity contribution in [1.82, 2.24) is 0 Å². The standard InChI is InChI=1S/C32H22Cl2N2O8/c33-23-7-14-27(28(34)16-23)32(40)44-26-12-5-21(6-13-26)29(37)18-43-31(39)22-15-30(38)35(17-22)24-8-1-19(2-9-24)20-3-10-25(11-4-20)36(41)42/h1-14,16,22H,15,17-18H2/t22-/m1/s1. The van der Waals surface area contributed by atoms with Gasteiger partial charge in [-0.05, 0) is 77.9 Å². The van der Waals surface area contributed by atoms with Crippen LogP contribution in [0.1, 0.15) is 27.1 Å².